The highest BCUT2D eigenvalue weighted by Gasteiger charge is 1.85. The SMILES string of the molecule is NCCN=C(N)N=C(N)N. The van der Waals surface area contributed by atoms with Crippen molar-refractivity contribution in [1.82, 2.24) is 0 Å². The summed E-state index contributed by atoms with van der Waals surface area (Å²) in [4.78, 5) is 7.16. The topological polar surface area (TPSA) is 129 Å². The molecule has 6 heteroatoms. The van der Waals surface area contributed by atoms with E-state index in [-0.39, 0.29) is 11.9 Å². The molecule has 0 saturated carbocycles. The van der Waals surface area contributed by atoms with Gasteiger partial charge in [-0.05, 0) is 0 Å². The third-order valence-corrected chi connectivity index (χ3v) is 0.647. The fraction of sp³-hybridized carbons (Fsp3) is 0.500. The van der Waals surface area contributed by atoms with Crippen molar-refractivity contribution in [2.75, 3.05) is 13.1 Å². The molecule has 0 amide bonds. The molecule has 0 unspecified atom stereocenters. The molecule has 0 atom stereocenters. The molecule has 0 rings (SSSR count). The van der Waals surface area contributed by atoms with Crippen LogP contribution in [-0.2, 0) is 0 Å². The van der Waals surface area contributed by atoms with Gasteiger partial charge in [0.25, 0.3) is 0 Å². The second-order valence-corrected chi connectivity index (χ2v) is 1.57. The van der Waals surface area contributed by atoms with E-state index in [1.54, 1.807) is 0 Å². The lowest BCUT2D eigenvalue weighted by molar-refractivity contribution is 0.969. The molecule has 58 valence electrons. The van der Waals surface area contributed by atoms with E-state index in [2.05, 4.69) is 9.98 Å². The first-order chi connectivity index (χ1) is 4.66. The summed E-state index contributed by atoms with van der Waals surface area (Å²) in [6.07, 6.45) is 0. The largest absolute Gasteiger partial charge is 0.370 e. The van der Waals surface area contributed by atoms with Crippen LogP contribution in [0, 0.1) is 0 Å². The monoisotopic (exact) mass is 144 g/mol. The third-order valence-electron chi connectivity index (χ3n) is 0.647. The van der Waals surface area contributed by atoms with E-state index in [1.165, 1.54) is 0 Å². The van der Waals surface area contributed by atoms with Crippen LogP contribution in [-0.4, -0.2) is 25.0 Å². The summed E-state index contributed by atoms with van der Waals surface area (Å²) >= 11 is 0. The molecule has 0 radical (unpaired) electrons. The minimum absolute atomic E-state index is 0.0606. The van der Waals surface area contributed by atoms with Gasteiger partial charge in [0.05, 0.1) is 6.54 Å². The van der Waals surface area contributed by atoms with Gasteiger partial charge in [-0.3, -0.25) is 4.99 Å². The van der Waals surface area contributed by atoms with Gasteiger partial charge in [-0.1, -0.05) is 0 Å². The predicted molar refractivity (Wildman–Crippen MR) is 41.4 cm³/mol. The Morgan fingerprint density at radius 1 is 1.20 bits per heavy atom. The van der Waals surface area contributed by atoms with E-state index in [0.29, 0.717) is 13.1 Å². The smallest absolute Gasteiger partial charge is 0.218 e. The molecule has 0 fully saturated rings. The van der Waals surface area contributed by atoms with Gasteiger partial charge >= 0.3 is 0 Å². The minimum atomic E-state index is -0.0988. The zero-order valence-corrected chi connectivity index (χ0v) is 5.62. The Kier molecular flexibility index (Phi) is 3.97. The number of nitrogens with zero attached hydrogens (tertiary/aromatic N) is 2. The van der Waals surface area contributed by atoms with Crippen molar-refractivity contribution in [1.29, 1.82) is 0 Å². The van der Waals surface area contributed by atoms with E-state index >= 15 is 0 Å². The average molecular weight is 144 g/mol. The van der Waals surface area contributed by atoms with Gasteiger partial charge in [0.1, 0.15) is 0 Å². The summed E-state index contributed by atoms with van der Waals surface area (Å²) in [6, 6.07) is 0. The van der Waals surface area contributed by atoms with E-state index in [9.17, 15) is 0 Å². The zero-order valence-electron chi connectivity index (χ0n) is 5.62. The van der Waals surface area contributed by atoms with Crippen LogP contribution in [0.2, 0.25) is 0 Å². The molecule has 0 aliphatic carbocycles. The van der Waals surface area contributed by atoms with Crippen molar-refractivity contribution in [3.63, 3.8) is 0 Å². The highest BCUT2D eigenvalue weighted by molar-refractivity contribution is 5.92. The fourth-order valence-electron chi connectivity index (χ4n) is 0.347. The highest BCUT2D eigenvalue weighted by atomic mass is 15.1. The number of hydrogen-bond acceptors (Lipinski definition) is 2. The van der Waals surface area contributed by atoms with E-state index < -0.39 is 0 Å². The number of hydrogen-bond donors (Lipinski definition) is 4. The number of nitrogens with two attached hydrogens (primary N) is 4. The van der Waals surface area contributed by atoms with Crippen molar-refractivity contribution in [3.05, 3.63) is 0 Å². The van der Waals surface area contributed by atoms with Gasteiger partial charge in [0.2, 0.25) is 5.96 Å². The number of guanidine groups is 2. The molecule has 0 heterocycles. The molecular formula is C4H12N6. The molecule has 6 nitrogen and oxygen atoms in total. The van der Waals surface area contributed by atoms with Crippen molar-refractivity contribution in [3.8, 4) is 0 Å². The molecular weight excluding hydrogens is 132 g/mol. The summed E-state index contributed by atoms with van der Waals surface area (Å²) in [5.41, 5.74) is 20.3. The van der Waals surface area contributed by atoms with Crippen LogP contribution in [0.15, 0.2) is 9.98 Å². The van der Waals surface area contributed by atoms with Crippen molar-refractivity contribution in [2.45, 2.75) is 0 Å². The Bertz CT molecular complexity index is 144. The zero-order chi connectivity index (χ0) is 7.98. The number of rotatable bonds is 2. The Morgan fingerprint density at radius 3 is 2.20 bits per heavy atom. The average Bonchev–Trinajstić information content (AvgIpc) is 1.82. The van der Waals surface area contributed by atoms with Crippen molar-refractivity contribution < 1.29 is 0 Å². The lowest BCUT2D eigenvalue weighted by atomic mass is 10.7. The molecule has 0 aromatic heterocycles. The molecule has 0 aromatic rings. The molecule has 0 aliphatic heterocycles. The maximum Gasteiger partial charge on any atom is 0.218 e. The van der Waals surface area contributed by atoms with Gasteiger partial charge in [0.15, 0.2) is 5.96 Å². The molecule has 0 bridgehead atoms. The lowest BCUT2D eigenvalue weighted by Gasteiger charge is -1.92. The summed E-state index contributed by atoms with van der Waals surface area (Å²) in [5.74, 6) is -0.0382. The summed E-state index contributed by atoms with van der Waals surface area (Å²) < 4.78 is 0. The third kappa shape index (κ3) is 4.85. The molecule has 0 aromatic carbocycles. The second-order valence-electron chi connectivity index (χ2n) is 1.57. The first-order valence-corrected chi connectivity index (χ1v) is 2.76. The molecule has 0 aliphatic rings. The first kappa shape index (κ1) is 8.70. The van der Waals surface area contributed by atoms with Crippen LogP contribution < -0.4 is 22.9 Å². The fourth-order valence-corrected chi connectivity index (χ4v) is 0.347. The van der Waals surface area contributed by atoms with Crippen LogP contribution in [0.1, 0.15) is 0 Å². The van der Waals surface area contributed by atoms with E-state index in [1.807, 2.05) is 0 Å². The Labute approximate surface area is 59.0 Å². The molecule has 0 saturated heterocycles. The maximum atomic E-state index is 5.21. The van der Waals surface area contributed by atoms with Gasteiger partial charge in [-0.15, -0.1) is 0 Å². The van der Waals surface area contributed by atoms with Gasteiger partial charge < -0.3 is 22.9 Å². The van der Waals surface area contributed by atoms with Crippen LogP contribution in [0.25, 0.3) is 0 Å². The molecule has 8 N–H and O–H groups in total. The summed E-state index contributed by atoms with van der Waals surface area (Å²) in [6.45, 7) is 0.864. The van der Waals surface area contributed by atoms with Crippen molar-refractivity contribution >= 4 is 11.9 Å². The van der Waals surface area contributed by atoms with E-state index in [0.717, 1.165) is 0 Å². The second kappa shape index (κ2) is 4.57. The Hall–Kier alpha value is -1.30. The summed E-state index contributed by atoms with van der Waals surface area (Å²) in [7, 11) is 0. The summed E-state index contributed by atoms with van der Waals surface area (Å²) in [5, 5.41) is 0. The standard InChI is InChI=1S/C4H12N6/c5-1-2-9-4(8)10-3(6)7/h1-2,5H2,(H6,6,7,8,9,10). The van der Waals surface area contributed by atoms with Crippen LogP contribution in [0.4, 0.5) is 0 Å². The Balaban J connectivity index is 3.82. The first-order valence-electron chi connectivity index (χ1n) is 2.76. The van der Waals surface area contributed by atoms with Gasteiger partial charge in [0, 0.05) is 6.54 Å². The van der Waals surface area contributed by atoms with Crippen LogP contribution in [0.3, 0.4) is 0 Å². The maximum absolute atomic E-state index is 5.21. The van der Waals surface area contributed by atoms with E-state index in [4.69, 9.17) is 22.9 Å². The molecule has 0 spiro atoms. The Morgan fingerprint density at radius 2 is 1.80 bits per heavy atom. The predicted octanol–water partition coefficient (Wildman–Crippen LogP) is -2.47. The normalized spacial score (nSPS) is 11.1. The van der Waals surface area contributed by atoms with Gasteiger partial charge in [-0.25, -0.2) is 0 Å². The number of aliphatic imine (C=N–C) groups is 2. The quantitative estimate of drug-likeness (QED) is 0.253. The molecule has 10 heavy (non-hydrogen) atoms. The lowest BCUT2D eigenvalue weighted by Crippen LogP contribution is -2.26. The highest BCUT2D eigenvalue weighted by Crippen LogP contribution is 1.70. The van der Waals surface area contributed by atoms with Gasteiger partial charge in [-0.2, -0.15) is 4.99 Å². The van der Waals surface area contributed by atoms with Crippen LogP contribution >= 0.6 is 0 Å². The van der Waals surface area contributed by atoms with Crippen LogP contribution in [0.5, 0.6) is 0 Å². The minimum Gasteiger partial charge on any atom is -0.370 e. The van der Waals surface area contributed by atoms with Crippen molar-refractivity contribution in [2.24, 2.45) is 32.9 Å².